The molecule has 1 aromatic heterocycles. The van der Waals surface area contributed by atoms with E-state index in [4.69, 9.17) is 13.9 Å². The van der Waals surface area contributed by atoms with Crippen molar-refractivity contribution in [2.45, 2.75) is 19.1 Å². The fraction of sp³-hybridized carbons (Fsp3) is 0.192. The lowest BCUT2D eigenvalue weighted by atomic mass is 10.0. The Morgan fingerprint density at radius 3 is 2.47 bits per heavy atom. The number of rotatable bonds is 9. The summed E-state index contributed by atoms with van der Waals surface area (Å²) in [6.45, 7) is -3.44. The number of nitrogens with zero attached hydrogens (tertiary/aromatic N) is 2. The van der Waals surface area contributed by atoms with Crippen LogP contribution in [-0.2, 0) is 14.3 Å². The average molecular weight is 496 g/mol. The molecular weight excluding hydrogens is 474 g/mol. The number of furan rings is 1. The zero-order valence-corrected chi connectivity index (χ0v) is 19.2. The van der Waals surface area contributed by atoms with Gasteiger partial charge >= 0.3 is 12.6 Å². The Morgan fingerprint density at radius 1 is 1.11 bits per heavy atom. The van der Waals surface area contributed by atoms with Crippen LogP contribution in [0.25, 0.3) is 6.08 Å². The van der Waals surface area contributed by atoms with Gasteiger partial charge in [0.2, 0.25) is 0 Å². The second kappa shape index (κ2) is 11.3. The van der Waals surface area contributed by atoms with Gasteiger partial charge in [0.05, 0.1) is 19.1 Å². The van der Waals surface area contributed by atoms with Crippen LogP contribution in [0.5, 0.6) is 11.5 Å². The standard InChI is InChI=1S/C26H22F2N2O6/c1-33-19-11-7-18(8-12-19)21-15-22(23-3-2-14-34-23)30(29-21)24(31)16-35-25(32)13-6-17-4-9-20(10-5-17)36-26(27)28/h2-14,22,26H,15-16H2,1H3/b13-6+. The highest BCUT2D eigenvalue weighted by Crippen LogP contribution is 2.33. The number of hydrogen-bond acceptors (Lipinski definition) is 7. The first-order valence-corrected chi connectivity index (χ1v) is 10.9. The van der Waals surface area contributed by atoms with Gasteiger partial charge in [-0.25, -0.2) is 9.80 Å². The maximum atomic E-state index is 12.9. The minimum absolute atomic E-state index is 0.00149. The van der Waals surface area contributed by atoms with Gasteiger partial charge in [0, 0.05) is 12.5 Å². The van der Waals surface area contributed by atoms with Crippen LogP contribution in [0.15, 0.2) is 82.5 Å². The molecule has 10 heteroatoms. The number of ether oxygens (including phenoxy) is 3. The minimum Gasteiger partial charge on any atom is -0.497 e. The molecule has 186 valence electrons. The van der Waals surface area contributed by atoms with Gasteiger partial charge in [-0.15, -0.1) is 0 Å². The summed E-state index contributed by atoms with van der Waals surface area (Å²) in [6, 6.07) is 16.0. The largest absolute Gasteiger partial charge is 0.497 e. The highest BCUT2D eigenvalue weighted by molar-refractivity contribution is 6.03. The summed E-state index contributed by atoms with van der Waals surface area (Å²) in [5.41, 5.74) is 2.07. The highest BCUT2D eigenvalue weighted by Gasteiger charge is 2.35. The van der Waals surface area contributed by atoms with E-state index in [0.717, 1.165) is 11.6 Å². The Kier molecular flexibility index (Phi) is 7.74. The SMILES string of the molecule is COc1ccc(C2=NN(C(=O)COC(=O)/C=C/c3ccc(OC(F)F)cc3)C(c3ccco3)C2)cc1. The van der Waals surface area contributed by atoms with Crippen LogP contribution in [0.3, 0.4) is 0 Å². The number of amides is 1. The van der Waals surface area contributed by atoms with Crippen LogP contribution < -0.4 is 9.47 Å². The molecule has 1 aliphatic heterocycles. The summed E-state index contributed by atoms with van der Waals surface area (Å²) in [5.74, 6) is -0.00694. The van der Waals surface area contributed by atoms with Gasteiger partial charge in [-0.3, -0.25) is 4.79 Å². The van der Waals surface area contributed by atoms with Gasteiger partial charge in [-0.2, -0.15) is 13.9 Å². The van der Waals surface area contributed by atoms with Crippen molar-refractivity contribution >= 4 is 23.7 Å². The molecule has 1 amide bonds. The molecular formula is C26H22F2N2O6. The fourth-order valence-corrected chi connectivity index (χ4v) is 3.57. The number of carbonyl (C=O) groups excluding carboxylic acids is 2. The van der Waals surface area contributed by atoms with Crippen LogP contribution in [0, 0.1) is 0 Å². The summed E-state index contributed by atoms with van der Waals surface area (Å²) in [6.07, 6.45) is 4.50. The summed E-state index contributed by atoms with van der Waals surface area (Å²) < 4.78 is 44.5. The molecule has 4 rings (SSSR count). The van der Waals surface area contributed by atoms with Gasteiger partial charge in [-0.1, -0.05) is 12.1 Å². The van der Waals surface area contributed by atoms with Gasteiger partial charge < -0.3 is 18.6 Å². The third kappa shape index (κ3) is 6.15. The van der Waals surface area contributed by atoms with Gasteiger partial charge in [0.1, 0.15) is 23.3 Å². The number of halogens is 2. The van der Waals surface area contributed by atoms with Gasteiger partial charge in [0.15, 0.2) is 6.61 Å². The molecule has 2 heterocycles. The van der Waals surface area contributed by atoms with Gasteiger partial charge in [0.25, 0.3) is 5.91 Å². The van der Waals surface area contributed by atoms with Gasteiger partial charge in [-0.05, 0) is 65.7 Å². The molecule has 8 nitrogen and oxygen atoms in total. The molecule has 1 aliphatic rings. The summed E-state index contributed by atoms with van der Waals surface area (Å²) >= 11 is 0. The third-order valence-electron chi connectivity index (χ3n) is 5.32. The number of methoxy groups -OCH3 is 1. The van der Waals surface area contributed by atoms with E-state index >= 15 is 0 Å². The maximum absolute atomic E-state index is 12.9. The van der Waals surface area contributed by atoms with Crippen LogP contribution >= 0.6 is 0 Å². The molecule has 0 bridgehead atoms. The number of hydrazone groups is 1. The summed E-state index contributed by atoms with van der Waals surface area (Å²) in [5, 5.41) is 5.74. The number of alkyl halides is 2. The molecule has 0 fully saturated rings. The lowest BCUT2D eigenvalue weighted by Crippen LogP contribution is -2.31. The fourth-order valence-electron chi connectivity index (χ4n) is 3.57. The van der Waals surface area contributed by atoms with E-state index < -0.39 is 31.1 Å². The first-order valence-electron chi connectivity index (χ1n) is 10.9. The molecule has 0 spiro atoms. The van der Waals surface area contributed by atoms with Crippen LogP contribution in [0.4, 0.5) is 8.78 Å². The Morgan fingerprint density at radius 2 is 1.83 bits per heavy atom. The Hall–Kier alpha value is -4.47. The molecule has 0 saturated heterocycles. The molecule has 2 aromatic carbocycles. The van der Waals surface area contributed by atoms with Crippen molar-refractivity contribution in [3.05, 3.63) is 89.9 Å². The monoisotopic (exact) mass is 496 g/mol. The maximum Gasteiger partial charge on any atom is 0.387 e. The predicted molar refractivity (Wildman–Crippen MR) is 126 cm³/mol. The van der Waals surface area contributed by atoms with E-state index in [2.05, 4.69) is 9.84 Å². The van der Waals surface area contributed by atoms with Crippen molar-refractivity contribution in [1.29, 1.82) is 0 Å². The van der Waals surface area contributed by atoms with E-state index in [1.807, 2.05) is 12.1 Å². The summed E-state index contributed by atoms with van der Waals surface area (Å²) in [7, 11) is 1.58. The first-order chi connectivity index (χ1) is 17.4. The molecule has 36 heavy (non-hydrogen) atoms. The molecule has 0 radical (unpaired) electrons. The Balaban J connectivity index is 1.39. The molecule has 0 saturated carbocycles. The molecule has 0 aliphatic carbocycles. The van der Waals surface area contributed by atoms with E-state index in [9.17, 15) is 18.4 Å². The first kappa shape index (κ1) is 24.6. The van der Waals surface area contributed by atoms with Crippen molar-refractivity contribution in [2.75, 3.05) is 13.7 Å². The Bertz CT molecular complexity index is 1240. The number of esters is 1. The second-order valence-electron chi connectivity index (χ2n) is 7.64. The lowest BCUT2D eigenvalue weighted by Gasteiger charge is -2.19. The van der Waals surface area contributed by atoms with E-state index in [0.29, 0.717) is 29.2 Å². The quantitative estimate of drug-likeness (QED) is 0.312. The zero-order chi connectivity index (χ0) is 25.5. The number of carbonyl (C=O) groups is 2. The van der Waals surface area contributed by atoms with Crippen LogP contribution in [0.2, 0.25) is 0 Å². The lowest BCUT2D eigenvalue weighted by molar-refractivity contribution is -0.149. The normalized spacial score (nSPS) is 15.3. The third-order valence-corrected chi connectivity index (χ3v) is 5.32. The van der Waals surface area contributed by atoms with Crippen LogP contribution in [0.1, 0.15) is 29.3 Å². The van der Waals surface area contributed by atoms with E-state index in [-0.39, 0.29) is 5.75 Å². The smallest absolute Gasteiger partial charge is 0.387 e. The predicted octanol–water partition coefficient (Wildman–Crippen LogP) is 4.82. The molecule has 0 N–H and O–H groups in total. The van der Waals surface area contributed by atoms with E-state index in [1.54, 1.807) is 31.4 Å². The van der Waals surface area contributed by atoms with Crippen molar-refractivity contribution in [3.8, 4) is 11.5 Å². The topological polar surface area (TPSA) is 90.6 Å². The summed E-state index contributed by atoms with van der Waals surface area (Å²) in [4.78, 5) is 25.0. The molecule has 3 aromatic rings. The van der Waals surface area contributed by atoms with Crippen molar-refractivity contribution in [1.82, 2.24) is 5.01 Å². The molecule has 1 atom stereocenters. The van der Waals surface area contributed by atoms with Crippen molar-refractivity contribution < 1.29 is 37.0 Å². The zero-order valence-electron chi connectivity index (χ0n) is 19.2. The second-order valence-corrected chi connectivity index (χ2v) is 7.64. The van der Waals surface area contributed by atoms with E-state index in [1.165, 1.54) is 41.6 Å². The number of benzene rings is 2. The number of hydrogen-bond donors (Lipinski definition) is 0. The minimum atomic E-state index is -2.92. The highest BCUT2D eigenvalue weighted by atomic mass is 19.3. The van der Waals surface area contributed by atoms with Crippen molar-refractivity contribution in [3.63, 3.8) is 0 Å². The van der Waals surface area contributed by atoms with Crippen LogP contribution in [-0.4, -0.2) is 42.9 Å². The average Bonchev–Trinajstić information content (AvgIpc) is 3.57. The molecule has 1 unspecified atom stereocenters. The Labute approximate surface area is 205 Å². The van der Waals surface area contributed by atoms with Crippen molar-refractivity contribution in [2.24, 2.45) is 5.10 Å².